The normalized spacial score (nSPS) is 13.5. The number of carbonyl (C=O) groups is 2. The summed E-state index contributed by atoms with van der Waals surface area (Å²) >= 11 is 1.81. The molecule has 1 saturated heterocycles. The average molecular weight is 720 g/mol. The third-order valence-electron chi connectivity index (χ3n) is 10.2. The van der Waals surface area contributed by atoms with Crippen LogP contribution in [0.25, 0.3) is 10.1 Å². The van der Waals surface area contributed by atoms with Crippen LogP contribution in [0.2, 0.25) is 0 Å². The van der Waals surface area contributed by atoms with E-state index in [1.807, 2.05) is 43.4 Å². The first-order chi connectivity index (χ1) is 25.0. The number of unbranched alkanes of at least 4 members (excludes halogenated alkanes) is 13. The Labute approximate surface area is 312 Å². The van der Waals surface area contributed by atoms with Crippen LogP contribution in [0.1, 0.15) is 129 Å². The summed E-state index contributed by atoms with van der Waals surface area (Å²) in [4.78, 5) is 32.2. The number of fused-ring (bicyclic) bond motifs is 1. The van der Waals surface area contributed by atoms with Crippen molar-refractivity contribution in [2.45, 2.75) is 130 Å². The Bertz CT molecular complexity index is 1430. The zero-order valence-electron chi connectivity index (χ0n) is 32.0. The summed E-state index contributed by atoms with van der Waals surface area (Å²) in [5, 5.41) is 3.56. The molecular weight excluding hydrogens is 655 g/mol. The summed E-state index contributed by atoms with van der Waals surface area (Å²) in [6.45, 7) is 12.0. The van der Waals surface area contributed by atoms with E-state index in [1.54, 1.807) is 4.90 Å². The van der Waals surface area contributed by atoms with Gasteiger partial charge in [-0.05, 0) is 67.9 Å². The Morgan fingerprint density at radius 2 is 1.47 bits per heavy atom. The van der Waals surface area contributed by atoms with E-state index in [0.717, 1.165) is 75.4 Å². The van der Waals surface area contributed by atoms with E-state index in [-0.39, 0.29) is 18.6 Å². The molecule has 7 nitrogen and oxygen atoms in total. The second-order valence-electron chi connectivity index (χ2n) is 14.3. The Balaban J connectivity index is 1.09. The van der Waals surface area contributed by atoms with Gasteiger partial charge < -0.3 is 14.4 Å². The maximum Gasteiger partial charge on any atom is 0.307 e. The molecule has 0 atom stereocenters. The molecule has 2 aromatic carbocycles. The van der Waals surface area contributed by atoms with E-state index >= 15 is 0 Å². The molecule has 51 heavy (non-hydrogen) atoms. The van der Waals surface area contributed by atoms with Crippen molar-refractivity contribution in [2.24, 2.45) is 0 Å². The Hall–Kier alpha value is -3.10. The van der Waals surface area contributed by atoms with Crippen LogP contribution >= 0.6 is 11.3 Å². The van der Waals surface area contributed by atoms with Crippen molar-refractivity contribution in [3.63, 3.8) is 0 Å². The predicted molar refractivity (Wildman–Crippen MR) is 215 cm³/mol. The monoisotopic (exact) mass is 719 g/mol. The van der Waals surface area contributed by atoms with Gasteiger partial charge in [-0.25, -0.2) is 0 Å². The number of anilines is 2. The zero-order chi connectivity index (χ0) is 36.1. The third-order valence-corrected chi connectivity index (χ3v) is 11.1. The molecule has 0 radical (unpaired) electrons. The number of esters is 1. The number of carbonyl (C=O) groups excluding carboxylic acids is 2. The van der Waals surface area contributed by atoms with Gasteiger partial charge in [0, 0.05) is 60.9 Å². The van der Waals surface area contributed by atoms with Crippen molar-refractivity contribution in [3.05, 3.63) is 53.4 Å². The van der Waals surface area contributed by atoms with Gasteiger partial charge in [-0.15, -0.1) is 11.3 Å². The number of amides is 1. The molecule has 1 aromatic heterocycles. The van der Waals surface area contributed by atoms with Gasteiger partial charge in [-0.3, -0.25) is 19.4 Å². The van der Waals surface area contributed by atoms with E-state index < -0.39 is 0 Å². The van der Waals surface area contributed by atoms with Gasteiger partial charge in [-0.1, -0.05) is 103 Å². The highest BCUT2D eigenvalue weighted by Crippen LogP contribution is 2.31. The summed E-state index contributed by atoms with van der Waals surface area (Å²) in [6, 6.07) is 14.7. The maximum atomic E-state index is 13.0. The fourth-order valence-electron chi connectivity index (χ4n) is 7.03. The maximum absolute atomic E-state index is 13.0. The molecule has 282 valence electrons. The molecule has 0 bridgehead atoms. The van der Waals surface area contributed by atoms with Gasteiger partial charge in [-0.2, -0.15) is 0 Å². The number of thiophene rings is 1. The molecule has 1 aliphatic rings. The number of hydrogen-bond acceptors (Lipinski definition) is 7. The van der Waals surface area contributed by atoms with Gasteiger partial charge in [0.05, 0.1) is 12.3 Å². The van der Waals surface area contributed by atoms with Crippen LogP contribution in [0.3, 0.4) is 0 Å². The molecular formula is C43H65N3O4S. The summed E-state index contributed by atoms with van der Waals surface area (Å²) in [5.74, 6) is 0.424. The van der Waals surface area contributed by atoms with Crippen molar-refractivity contribution in [3.8, 4) is 5.75 Å². The van der Waals surface area contributed by atoms with Crippen LogP contribution < -0.4 is 14.5 Å². The number of hydrogen-bond donors (Lipinski definition) is 0. The summed E-state index contributed by atoms with van der Waals surface area (Å²) in [6.07, 6.45) is 19.3. The lowest BCUT2D eigenvalue weighted by molar-refractivity contribution is -0.144. The van der Waals surface area contributed by atoms with Gasteiger partial charge in [0.1, 0.15) is 5.75 Å². The molecule has 0 spiro atoms. The Kier molecular flexibility index (Phi) is 18.7. The number of ether oxygens (including phenoxy) is 2. The summed E-state index contributed by atoms with van der Waals surface area (Å²) in [7, 11) is 0. The summed E-state index contributed by atoms with van der Waals surface area (Å²) in [5.41, 5.74) is 3.05. The van der Waals surface area contributed by atoms with E-state index in [4.69, 9.17) is 9.47 Å². The first kappa shape index (κ1) is 40.7. The van der Waals surface area contributed by atoms with Crippen LogP contribution in [-0.4, -0.2) is 62.8 Å². The molecule has 0 saturated carbocycles. The quantitative estimate of drug-likeness (QED) is 0.0493. The van der Waals surface area contributed by atoms with Crippen molar-refractivity contribution in [1.29, 1.82) is 0 Å². The predicted octanol–water partition coefficient (Wildman–Crippen LogP) is 10.9. The number of nitrogens with zero attached hydrogens (tertiary/aromatic N) is 3. The van der Waals surface area contributed by atoms with Gasteiger partial charge in [0.2, 0.25) is 5.91 Å². The van der Waals surface area contributed by atoms with Crippen LogP contribution in [0.4, 0.5) is 11.4 Å². The van der Waals surface area contributed by atoms with Crippen LogP contribution in [0, 0.1) is 6.92 Å². The number of aryl methyl sites for hydroxylation is 1. The second kappa shape index (κ2) is 23.5. The fourth-order valence-corrected chi connectivity index (χ4v) is 7.83. The molecule has 2 heterocycles. The first-order valence-corrected chi connectivity index (χ1v) is 21.0. The molecule has 0 unspecified atom stereocenters. The Morgan fingerprint density at radius 1 is 0.784 bits per heavy atom. The molecule has 4 rings (SSSR count). The lowest BCUT2D eigenvalue weighted by Gasteiger charge is -2.36. The third kappa shape index (κ3) is 14.1. The minimum absolute atomic E-state index is 0.0656. The first-order valence-electron chi connectivity index (χ1n) is 20.1. The molecule has 1 fully saturated rings. The summed E-state index contributed by atoms with van der Waals surface area (Å²) < 4.78 is 13.1. The lowest BCUT2D eigenvalue weighted by atomic mass is 10.0. The highest BCUT2D eigenvalue weighted by Gasteiger charge is 2.20. The molecule has 0 aliphatic carbocycles. The van der Waals surface area contributed by atoms with E-state index in [9.17, 15) is 9.59 Å². The average Bonchev–Trinajstić information content (AvgIpc) is 3.64. The standard InChI is InChI=1S/C43H65N3O4S/c1-4-6-7-8-9-10-11-12-13-14-15-16-17-23-43(48)50-35-46(42(47)5-2)40-34-37(25-24-36(40)3)49-32-19-18-27-44-28-30-45(31-29-44)39-21-20-22-41-38(39)26-33-51-41/h20-22,24-26,33-34H,4-19,23,27-32,35H2,1-3H3. The van der Waals surface area contributed by atoms with Gasteiger partial charge in [0.15, 0.2) is 6.73 Å². The van der Waals surface area contributed by atoms with Crippen LogP contribution in [-0.2, 0) is 14.3 Å². The second-order valence-corrected chi connectivity index (χ2v) is 15.2. The lowest BCUT2D eigenvalue weighted by Crippen LogP contribution is -2.46. The van der Waals surface area contributed by atoms with Crippen molar-refractivity contribution < 1.29 is 19.1 Å². The highest BCUT2D eigenvalue weighted by molar-refractivity contribution is 7.17. The van der Waals surface area contributed by atoms with E-state index in [0.29, 0.717) is 19.4 Å². The molecule has 1 amide bonds. The Morgan fingerprint density at radius 3 is 2.16 bits per heavy atom. The number of piperazine rings is 1. The highest BCUT2D eigenvalue weighted by atomic mass is 32.1. The fraction of sp³-hybridized carbons (Fsp3) is 0.628. The topological polar surface area (TPSA) is 62.3 Å². The van der Waals surface area contributed by atoms with Crippen LogP contribution in [0.5, 0.6) is 5.75 Å². The van der Waals surface area contributed by atoms with Crippen LogP contribution in [0.15, 0.2) is 47.8 Å². The van der Waals surface area contributed by atoms with Crippen molar-refractivity contribution in [1.82, 2.24) is 4.90 Å². The molecule has 0 N–H and O–H groups in total. The van der Waals surface area contributed by atoms with Gasteiger partial charge >= 0.3 is 5.97 Å². The van der Waals surface area contributed by atoms with Crippen molar-refractivity contribution in [2.75, 3.05) is 55.9 Å². The molecule has 3 aromatic rings. The van der Waals surface area contributed by atoms with E-state index in [2.05, 4.69) is 46.4 Å². The largest absolute Gasteiger partial charge is 0.494 e. The minimum atomic E-state index is -0.238. The minimum Gasteiger partial charge on any atom is -0.494 e. The number of benzene rings is 2. The van der Waals surface area contributed by atoms with E-state index in [1.165, 1.54) is 86.4 Å². The smallest absolute Gasteiger partial charge is 0.307 e. The SMILES string of the molecule is CCCCCCCCCCCCCCCC(=O)OCN(C(=O)CC)c1cc(OCCCCN2CCN(c3cccc4sccc34)CC2)ccc1C. The zero-order valence-corrected chi connectivity index (χ0v) is 32.8. The molecule has 1 aliphatic heterocycles. The van der Waals surface area contributed by atoms with Crippen molar-refractivity contribution >= 4 is 44.7 Å². The van der Waals surface area contributed by atoms with Gasteiger partial charge in [0.25, 0.3) is 0 Å². The molecule has 8 heteroatoms. The number of rotatable bonds is 25.